The molecule has 0 fully saturated rings. The molecule has 2 N–H and O–H groups in total. The minimum atomic E-state index is -0.325. The number of nitrogens with two attached hydrogens (primary N) is 1. The van der Waals surface area contributed by atoms with Crippen LogP contribution >= 0.6 is 11.3 Å². The molecule has 90 valence electrons. The minimum Gasteiger partial charge on any atom is -0.319 e. The fourth-order valence-electron chi connectivity index (χ4n) is 1.99. The van der Waals surface area contributed by atoms with Gasteiger partial charge >= 0.3 is 0 Å². The van der Waals surface area contributed by atoms with Gasteiger partial charge in [-0.05, 0) is 36.9 Å². The Morgan fingerprint density at radius 3 is 2.71 bits per heavy atom. The molecule has 3 nitrogen and oxygen atoms in total. The van der Waals surface area contributed by atoms with Gasteiger partial charge in [0.05, 0.1) is 6.04 Å². The van der Waals surface area contributed by atoms with E-state index >= 15 is 0 Å². The smallest absolute Gasteiger partial charge is 0.255 e. The van der Waals surface area contributed by atoms with Gasteiger partial charge in [0.1, 0.15) is 0 Å². The molecule has 0 saturated heterocycles. The topological polar surface area (TPSA) is 48.0 Å². The third kappa shape index (κ3) is 2.06. The summed E-state index contributed by atoms with van der Waals surface area (Å²) >= 11 is 1.58. The third-order valence-electron chi connectivity index (χ3n) is 3.08. The lowest BCUT2D eigenvalue weighted by molar-refractivity contribution is 0.760. The molecule has 0 aliphatic rings. The van der Waals surface area contributed by atoms with Crippen LogP contribution in [0.25, 0.3) is 0 Å². The van der Waals surface area contributed by atoms with Gasteiger partial charge in [-0.15, -0.1) is 11.3 Å². The van der Waals surface area contributed by atoms with Crippen LogP contribution < -0.4 is 11.3 Å². The summed E-state index contributed by atoms with van der Waals surface area (Å²) in [4.78, 5) is 13.3. The number of rotatable bonds is 2. The van der Waals surface area contributed by atoms with Gasteiger partial charge in [-0.25, -0.2) is 0 Å². The summed E-state index contributed by atoms with van der Waals surface area (Å²) in [6.45, 7) is 3.87. The summed E-state index contributed by atoms with van der Waals surface area (Å²) in [5, 5.41) is 1.98. The lowest BCUT2D eigenvalue weighted by Gasteiger charge is -2.15. The van der Waals surface area contributed by atoms with Crippen molar-refractivity contribution in [1.29, 1.82) is 0 Å². The summed E-state index contributed by atoms with van der Waals surface area (Å²) in [7, 11) is 1.78. The summed E-state index contributed by atoms with van der Waals surface area (Å²) in [6, 6.07) is 5.60. The molecule has 0 saturated carbocycles. The fraction of sp³-hybridized carbons (Fsp3) is 0.308. The van der Waals surface area contributed by atoms with Crippen molar-refractivity contribution in [3.05, 3.63) is 55.6 Å². The quantitative estimate of drug-likeness (QED) is 0.885. The van der Waals surface area contributed by atoms with E-state index in [1.165, 1.54) is 0 Å². The predicted octanol–water partition coefficient (Wildman–Crippen LogP) is 2.11. The molecular formula is C13H16N2OS. The monoisotopic (exact) mass is 248 g/mol. The average molecular weight is 248 g/mol. The number of aromatic nitrogens is 1. The van der Waals surface area contributed by atoms with Gasteiger partial charge in [-0.2, -0.15) is 0 Å². The molecule has 0 aromatic carbocycles. The first kappa shape index (κ1) is 12.1. The lowest BCUT2D eigenvalue weighted by atomic mass is 10.0. The van der Waals surface area contributed by atoms with Crippen LogP contribution in [0, 0.1) is 13.8 Å². The Morgan fingerprint density at radius 1 is 1.41 bits per heavy atom. The van der Waals surface area contributed by atoms with Crippen molar-refractivity contribution < 1.29 is 0 Å². The van der Waals surface area contributed by atoms with Gasteiger partial charge in [-0.1, -0.05) is 6.07 Å². The van der Waals surface area contributed by atoms with Gasteiger partial charge in [0.25, 0.3) is 5.56 Å². The zero-order chi connectivity index (χ0) is 12.6. The summed E-state index contributed by atoms with van der Waals surface area (Å²) in [6.07, 6.45) is 0. The Morgan fingerprint density at radius 2 is 2.12 bits per heavy atom. The highest BCUT2D eigenvalue weighted by Crippen LogP contribution is 2.23. The van der Waals surface area contributed by atoms with Crippen LogP contribution in [-0.2, 0) is 7.05 Å². The van der Waals surface area contributed by atoms with Crippen LogP contribution in [0.4, 0.5) is 0 Å². The molecule has 2 rings (SSSR count). The Labute approximate surface area is 105 Å². The van der Waals surface area contributed by atoms with Gasteiger partial charge in [0, 0.05) is 23.2 Å². The van der Waals surface area contributed by atoms with Crippen molar-refractivity contribution in [3.63, 3.8) is 0 Å². The summed E-state index contributed by atoms with van der Waals surface area (Å²) < 4.78 is 1.65. The Balaban J connectivity index is 2.61. The highest BCUT2D eigenvalue weighted by atomic mass is 32.1. The van der Waals surface area contributed by atoms with Crippen LogP contribution in [0.3, 0.4) is 0 Å². The lowest BCUT2D eigenvalue weighted by Crippen LogP contribution is -2.29. The van der Waals surface area contributed by atoms with Gasteiger partial charge in [0.2, 0.25) is 0 Å². The van der Waals surface area contributed by atoms with E-state index in [2.05, 4.69) is 0 Å². The van der Waals surface area contributed by atoms with E-state index in [0.29, 0.717) is 5.56 Å². The second kappa shape index (κ2) is 4.47. The number of aryl methyl sites for hydroxylation is 2. The minimum absolute atomic E-state index is 0.00315. The van der Waals surface area contributed by atoms with E-state index < -0.39 is 0 Å². The molecule has 0 amide bonds. The van der Waals surface area contributed by atoms with Crippen molar-refractivity contribution in [2.75, 3.05) is 0 Å². The van der Waals surface area contributed by atoms with E-state index in [1.807, 2.05) is 37.4 Å². The Bertz CT molecular complexity index is 584. The molecule has 2 heterocycles. The van der Waals surface area contributed by atoms with Crippen LogP contribution in [0.5, 0.6) is 0 Å². The van der Waals surface area contributed by atoms with Crippen LogP contribution in [0.15, 0.2) is 28.4 Å². The predicted molar refractivity (Wildman–Crippen MR) is 71.5 cm³/mol. The molecule has 0 aliphatic carbocycles. The van der Waals surface area contributed by atoms with Crippen LogP contribution in [-0.4, -0.2) is 4.57 Å². The van der Waals surface area contributed by atoms with E-state index in [0.717, 1.165) is 16.1 Å². The number of thiophene rings is 1. The fourth-order valence-corrected chi connectivity index (χ4v) is 2.72. The molecule has 0 radical (unpaired) electrons. The number of hydrogen-bond donors (Lipinski definition) is 1. The van der Waals surface area contributed by atoms with E-state index in [1.54, 1.807) is 23.0 Å². The zero-order valence-electron chi connectivity index (χ0n) is 10.2. The zero-order valence-corrected chi connectivity index (χ0v) is 11.0. The molecule has 2 aromatic rings. The molecule has 4 heteroatoms. The normalized spacial score (nSPS) is 12.7. The molecule has 1 atom stereocenters. The van der Waals surface area contributed by atoms with Crippen LogP contribution in [0.1, 0.15) is 27.7 Å². The molecule has 1 unspecified atom stereocenters. The molecule has 2 aromatic heterocycles. The van der Waals surface area contributed by atoms with Gasteiger partial charge in [0.15, 0.2) is 0 Å². The van der Waals surface area contributed by atoms with Crippen molar-refractivity contribution in [1.82, 2.24) is 4.57 Å². The number of nitrogens with zero attached hydrogens (tertiary/aromatic N) is 1. The first-order valence-corrected chi connectivity index (χ1v) is 6.36. The largest absolute Gasteiger partial charge is 0.319 e. The molecule has 0 aliphatic heterocycles. The maximum Gasteiger partial charge on any atom is 0.255 e. The standard InChI is InChI=1S/C13H16N2OS/c1-8-7-9(2)15(3)13(16)11(8)12(14)10-5-4-6-17-10/h4-7,12H,14H2,1-3H3. The van der Waals surface area contributed by atoms with E-state index in [-0.39, 0.29) is 11.6 Å². The second-order valence-corrected chi connectivity index (χ2v) is 5.22. The van der Waals surface area contributed by atoms with Gasteiger partial charge in [-0.3, -0.25) is 4.79 Å². The maximum absolute atomic E-state index is 12.2. The highest BCUT2D eigenvalue weighted by Gasteiger charge is 2.17. The van der Waals surface area contributed by atoms with E-state index in [4.69, 9.17) is 5.73 Å². The van der Waals surface area contributed by atoms with Crippen molar-refractivity contribution >= 4 is 11.3 Å². The Hall–Kier alpha value is -1.39. The molecular weight excluding hydrogens is 232 g/mol. The maximum atomic E-state index is 12.2. The Kier molecular flexibility index (Phi) is 3.17. The summed E-state index contributed by atoms with van der Waals surface area (Å²) in [5.74, 6) is 0. The average Bonchev–Trinajstić information content (AvgIpc) is 2.79. The molecule has 0 bridgehead atoms. The van der Waals surface area contributed by atoms with Gasteiger partial charge < -0.3 is 10.3 Å². The van der Waals surface area contributed by atoms with Crippen LogP contribution in [0.2, 0.25) is 0 Å². The van der Waals surface area contributed by atoms with Crippen molar-refractivity contribution in [2.24, 2.45) is 12.8 Å². The number of hydrogen-bond acceptors (Lipinski definition) is 3. The first-order valence-electron chi connectivity index (χ1n) is 5.48. The van der Waals surface area contributed by atoms with Crippen molar-refractivity contribution in [2.45, 2.75) is 19.9 Å². The van der Waals surface area contributed by atoms with E-state index in [9.17, 15) is 4.79 Å². The highest BCUT2D eigenvalue weighted by molar-refractivity contribution is 7.10. The SMILES string of the molecule is Cc1cc(C)n(C)c(=O)c1C(N)c1cccs1. The second-order valence-electron chi connectivity index (χ2n) is 4.24. The van der Waals surface area contributed by atoms with Crippen molar-refractivity contribution in [3.8, 4) is 0 Å². The summed E-state index contributed by atoms with van der Waals surface area (Å²) in [5.41, 5.74) is 8.79. The molecule has 17 heavy (non-hydrogen) atoms. The third-order valence-corrected chi connectivity index (χ3v) is 4.03. The number of pyridine rings is 1. The molecule has 0 spiro atoms. The first-order chi connectivity index (χ1) is 8.02.